The number of morpholine rings is 2. The molecule has 2 aliphatic heterocycles. The lowest BCUT2D eigenvalue weighted by atomic mass is 10.2. The first kappa shape index (κ1) is 26.7. The fourth-order valence-electron chi connectivity index (χ4n) is 4.72. The first-order valence-electron chi connectivity index (χ1n) is 13.0. The minimum atomic E-state index is -3.72. The summed E-state index contributed by atoms with van der Waals surface area (Å²) in [6, 6.07) is 9.34. The number of ether oxygens (including phenoxy) is 2. The second-order valence-corrected chi connectivity index (χ2v) is 13.3. The van der Waals surface area contributed by atoms with Crippen molar-refractivity contribution >= 4 is 50.4 Å². The molecule has 0 radical (unpaired) electrons. The Balaban J connectivity index is 1.22. The number of hydrogen-bond donors (Lipinski definition) is 1. The van der Waals surface area contributed by atoms with E-state index in [9.17, 15) is 13.2 Å². The summed E-state index contributed by atoms with van der Waals surface area (Å²) in [7, 11) is -3.72. The minimum Gasteiger partial charge on any atom is -0.379 e. The van der Waals surface area contributed by atoms with Gasteiger partial charge in [-0.15, -0.1) is 21.5 Å². The van der Waals surface area contributed by atoms with Gasteiger partial charge in [-0.05, 0) is 42.5 Å². The number of aromatic nitrogens is 3. The Kier molecular flexibility index (Phi) is 7.91. The number of sulfonamides is 1. The van der Waals surface area contributed by atoms with Crippen LogP contribution in [0.1, 0.15) is 18.9 Å². The topological polar surface area (TPSA) is 119 Å². The molecule has 0 unspecified atom stereocenters. The Morgan fingerprint density at radius 3 is 2.49 bits per heavy atom. The lowest BCUT2D eigenvalue weighted by Crippen LogP contribution is -2.40. The van der Waals surface area contributed by atoms with E-state index in [1.54, 1.807) is 29.5 Å². The molecule has 11 nitrogen and oxygen atoms in total. The van der Waals surface area contributed by atoms with Crippen LogP contribution in [0.4, 0.5) is 11.4 Å². The third-order valence-corrected chi connectivity index (χ3v) is 10.6. The number of anilines is 2. The summed E-state index contributed by atoms with van der Waals surface area (Å²) in [5.41, 5.74) is 1.25. The maximum atomic E-state index is 13.3. The highest BCUT2D eigenvalue weighted by atomic mass is 32.2. The van der Waals surface area contributed by atoms with Crippen LogP contribution in [0.3, 0.4) is 0 Å². The largest absolute Gasteiger partial charge is 0.379 e. The van der Waals surface area contributed by atoms with Crippen molar-refractivity contribution in [1.29, 1.82) is 0 Å². The van der Waals surface area contributed by atoms with Gasteiger partial charge in [0, 0.05) is 32.2 Å². The molecule has 0 atom stereocenters. The third-order valence-electron chi connectivity index (χ3n) is 6.85. The Labute approximate surface area is 235 Å². The van der Waals surface area contributed by atoms with Gasteiger partial charge in [0.1, 0.15) is 0 Å². The highest BCUT2D eigenvalue weighted by molar-refractivity contribution is 7.99. The van der Waals surface area contributed by atoms with Gasteiger partial charge < -0.3 is 19.7 Å². The van der Waals surface area contributed by atoms with Crippen molar-refractivity contribution in [2.75, 3.05) is 68.6 Å². The van der Waals surface area contributed by atoms with Crippen LogP contribution in [0.15, 0.2) is 45.8 Å². The molecule has 4 heterocycles. The van der Waals surface area contributed by atoms with Crippen LogP contribution in [0.5, 0.6) is 0 Å². The van der Waals surface area contributed by atoms with Crippen LogP contribution in [0.25, 0.3) is 10.7 Å². The second kappa shape index (κ2) is 11.6. The molecule has 39 heavy (non-hydrogen) atoms. The molecule has 2 saturated heterocycles. The zero-order valence-electron chi connectivity index (χ0n) is 21.3. The van der Waals surface area contributed by atoms with E-state index in [0.29, 0.717) is 69.5 Å². The van der Waals surface area contributed by atoms with Gasteiger partial charge in [-0.25, -0.2) is 8.42 Å². The van der Waals surface area contributed by atoms with Crippen LogP contribution in [0, 0.1) is 0 Å². The van der Waals surface area contributed by atoms with Gasteiger partial charge in [0.25, 0.3) is 0 Å². The van der Waals surface area contributed by atoms with Crippen molar-refractivity contribution in [3.63, 3.8) is 0 Å². The van der Waals surface area contributed by atoms with Crippen LogP contribution in [-0.4, -0.2) is 91.8 Å². The summed E-state index contributed by atoms with van der Waals surface area (Å²) < 4.78 is 41.0. The van der Waals surface area contributed by atoms with Crippen molar-refractivity contribution in [3.8, 4) is 10.7 Å². The number of thiophene rings is 1. The average molecular weight is 591 g/mol. The van der Waals surface area contributed by atoms with E-state index in [1.165, 1.54) is 16.1 Å². The normalized spacial score (nSPS) is 18.8. The molecule has 6 rings (SSSR count). The number of rotatable bonds is 9. The lowest BCUT2D eigenvalue weighted by molar-refractivity contribution is -0.113. The molecule has 1 aliphatic carbocycles. The Morgan fingerprint density at radius 1 is 1.05 bits per heavy atom. The van der Waals surface area contributed by atoms with Gasteiger partial charge in [-0.1, -0.05) is 17.8 Å². The molecular weight excluding hydrogens is 561 g/mol. The highest BCUT2D eigenvalue weighted by Crippen LogP contribution is 2.42. The van der Waals surface area contributed by atoms with Gasteiger partial charge in [0.15, 0.2) is 11.0 Å². The molecule has 1 saturated carbocycles. The second-order valence-electron chi connectivity index (χ2n) is 9.52. The first-order chi connectivity index (χ1) is 19.0. The Bertz CT molecular complexity index is 1410. The van der Waals surface area contributed by atoms with E-state index in [1.807, 2.05) is 17.5 Å². The number of carbonyl (C=O) groups is 1. The summed E-state index contributed by atoms with van der Waals surface area (Å²) in [5.74, 6) is 0.725. The van der Waals surface area contributed by atoms with Crippen molar-refractivity contribution in [2.45, 2.75) is 28.9 Å². The predicted octanol–water partition coefficient (Wildman–Crippen LogP) is 2.93. The smallest absolute Gasteiger partial charge is 0.243 e. The number of hydrogen-bond acceptors (Lipinski definition) is 10. The number of thioether (sulfide) groups is 1. The first-order valence-corrected chi connectivity index (χ1v) is 16.3. The molecule has 0 spiro atoms. The van der Waals surface area contributed by atoms with Crippen LogP contribution >= 0.6 is 23.1 Å². The number of nitrogens with zero attached hydrogens (tertiary/aromatic N) is 5. The molecule has 0 bridgehead atoms. The van der Waals surface area contributed by atoms with Crippen LogP contribution < -0.4 is 10.2 Å². The molecule has 2 aromatic heterocycles. The maximum absolute atomic E-state index is 13.3. The van der Waals surface area contributed by atoms with Crippen molar-refractivity contribution in [1.82, 2.24) is 19.1 Å². The van der Waals surface area contributed by atoms with Crippen LogP contribution in [0.2, 0.25) is 0 Å². The van der Waals surface area contributed by atoms with Crippen molar-refractivity contribution < 1.29 is 22.7 Å². The van der Waals surface area contributed by atoms with Crippen LogP contribution in [-0.2, 0) is 24.3 Å². The lowest BCUT2D eigenvalue weighted by Gasteiger charge is -2.31. The Morgan fingerprint density at radius 2 is 1.79 bits per heavy atom. The summed E-state index contributed by atoms with van der Waals surface area (Å²) in [6.07, 6.45) is 2.15. The molecule has 1 aromatic carbocycles. The van der Waals surface area contributed by atoms with Crippen molar-refractivity contribution in [3.05, 3.63) is 35.7 Å². The van der Waals surface area contributed by atoms with E-state index >= 15 is 0 Å². The number of amides is 1. The molecule has 208 valence electrons. The zero-order chi connectivity index (χ0) is 26.8. The molecule has 3 fully saturated rings. The quantitative estimate of drug-likeness (QED) is 0.375. The van der Waals surface area contributed by atoms with E-state index in [0.717, 1.165) is 29.2 Å². The van der Waals surface area contributed by atoms with Gasteiger partial charge in [0.05, 0.1) is 53.3 Å². The third kappa shape index (κ3) is 5.86. The van der Waals surface area contributed by atoms with Gasteiger partial charge in [-0.2, -0.15) is 4.31 Å². The van der Waals surface area contributed by atoms with E-state index < -0.39 is 10.0 Å². The monoisotopic (exact) mass is 590 g/mol. The number of nitrogens with one attached hydrogen (secondary N) is 1. The zero-order valence-corrected chi connectivity index (χ0v) is 23.8. The van der Waals surface area contributed by atoms with Gasteiger partial charge in [-0.3, -0.25) is 9.36 Å². The van der Waals surface area contributed by atoms with Crippen molar-refractivity contribution in [2.24, 2.45) is 0 Å². The number of benzene rings is 1. The van der Waals surface area contributed by atoms with Gasteiger partial charge in [0.2, 0.25) is 15.9 Å². The average Bonchev–Trinajstić information content (AvgIpc) is 3.48. The molecule has 14 heteroatoms. The fraction of sp³-hybridized carbons (Fsp3) is 0.480. The number of carbonyl (C=O) groups excluding carboxylic acids is 1. The fourth-order valence-corrected chi connectivity index (χ4v) is 7.67. The molecule has 3 aliphatic rings. The molecular formula is C25H30N6O5S3. The van der Waals surface area contributed by atoms with E-state index in [-0.39, 0.29) is 16.6 Å². The summed E-state index contributed by atoms with van der Waals surface area (Å²) in [4.78, 5) is 16.5. The minimum absolute atomic E-state index is 0.123. The van der Waals surface area contributed by atoms with E-state index in [2.05, 4.69) is 25.0 Å². The standard InChI is InChI=1S/C25H30N6O5S3/c32-23(17-38-25-28-27-24(22-2-1-15-37-22)31(25)18-3-4-18)26-20-16-19(39(33,34)30-9-13-36-14-10-30)5-6-21(20)29-7-11-35-12-8-29/h1-2,5-6,15-16,18H,3-4,7-14,17H2,(H,26,32). The maximum Gasteiger partial charge on any atom is 0.243 e. The Hall–Kier alpha value is -2.49. The molecule has 1 amide bonds. The molecule has 3 aromatic rings. The molecule has 1 N–H and O–H groups in total. The summed E-state index contributed by atoms with van der Waals surface area (Å²) >= 11 is 2.96. The van der Waals surface area contributed by atoms with E-state index in [4.69, 9.17) is 9.47 Å². The van der Waals surface area contributed by atoms with Gasteiger partial charge >= 0.3 is 0 Å². The SMILES string of the molecule is O=C(CSc1nnc(-c2cccs2)n1C1CC1)Nc1cc(S(=O)(=O)N2CCOCC2)ccc1N1CCOCC1. The summed E-state index contributed by atoms with van der Waals surface area (Å²) in [5, 5.41) is 14.5. The highest BCUT2D eigenvalue weighted by Gasteiger charge is 2.31. The predicted molar refractivity (Wildman–Crippen MR) is 150 cm³/mol. The summed E-state index contributed by atoms with van der Waals surface area (Å²) in [6.45, 7) is 3.80.